The van der Waals surface area contributed by atoms with Gasteiger partial charge in [0.05, 0.1) is 6.26 Å². The van der Waals surface area contributed by atoms with Gasteiger partial charge in [0.1, 0.15) is 5.69 Å². The van der Waals surface area contributed by atoms with E-state index in [1.807, 2.05) is 0 Å². The zero-order chi connectivity index (χ0) is 19.7. The van der Waals surface area contributed by atoms with E-state index >= 15 is 0 Å². The van der Waals surface area contributed by atoms with Gasteiger partial charge in [-0.05, 0) is 24.4 Å². The maximum atomic E-state index is 13.9. The lowest BCUT2D eigenvalue weighted by Gasteiger charge is -2.37. The van der Waals surface area contributed by atoms with Crippen LogP contribution >= 0.6 is 12.2 Å². The Morgan fingerprint density at radius 1 is 0.963 bits per heavy atom. The van der Waals surface area contributed by atoms with E-state index in [-0.39, 0.29) is 37.1 Å². The highest BCUT2D eigenvalue weighted by Crippen LogP contribution is 2.30. The second kappa shape index (κ2) is 7.51. The molecule has 1 fully saturated rings. The number of nitrogens with one attached hydrogen (secondary N) is 1. The van der Waals surface area contributed by atoms with Crippen LogP contribution in [0.4, 0.5) is 27.6 Å². The van der Waals surface area contributed by atoms with Crippen molar-refractivity contribution in [1.29, 1.82) is 0 Å². The van der Waals surface area contributed by atoms with Crippen LogP contribution in [-0.4, -0.2) is 42.1 Å². The first-order chi connectivity index (χ1) is 12.8. The second-order valence-electron chi connectivity index (χ2n) is 5.63. The molecule has 27 heavy (non-hydrogen) atoms. The molecule has 2 aromatic rings. The topological polar surface area (TPSA) is 48.7 Å². The summed E-state index contributed by atoms with van der Waals surface area (Å²) in [6.45, 7) is 0.0950. The fourth-order valence-electron chi connectivity index (χ4n) is 2.65. The minimum atomic E-state index is -2.20. The van der Waals surface area contributed by atoms with Crippen LogP contribution in [0.5, 0.6) is 0 Å². The van der Waals surface area contributed by atoms with Crippen LogP contribution in [0.15, 0.2) is 22.8 Å². The Kier molecular flexibility index (Phi) is 5.31. The predicted molar refractivity (Wildman–Crippen MR) is 88.8 cm³/mol. The fraction of sp³-hybridized carbons (Fsp3) is 0.250. The highest BCUT2D eigenvalue weighted by molar-refractivity contribution is 7.80. The van der Waals surface area contributed by atoms with Gasteiger partial charge in [-0.25, -0.2) is 22.0 Å². The van der Waals surface area contributed by atoms with E-state index in [4.69, 9.17) is 16.6 Å². The summed E-state index contributed by atoms with van der Waals surface area (Å²) in [5.41, 5.74) is -0.975. The second-order valence-corrected chi connectivity index (χ2v) is 6.02. The van der Waals surface area contributed by atoms with Crippen molar-refractivity contribution in [2.75, 3.05) is 31.1 Å². The minimum absolute atomic E-state index is 0.0531. The van der Waals surface area contributed by atoms with Crippen molar-refractivity contribution < 1.29 is 31.2 Å². The van der Waals surface area contributed by atoms with E-state index < -0.39 is 40.7 Å². The van der Waals surface area contributed by atoms with Crippen LogP contribution in [0.1, 0.15) is 10.6 Å². The Morgan fingerprint density at radius 2 is 1.52 bits per heavy atom. The number of carbonyl (C=O) groups is 1. The van der Waals surface area contributed by atoms with E-state index in [9.17, 15) is 26.7 Å². The van der Waals surface area contributed by atoms with Crippen LogP contribution in [0.2, 0.25) is 0 Å². The van der Waals surface area contributed by atoms with Crippen LogP contribution in [0.25, 0.3) is 0 Å². The van der Waals surface area contributed by atoms with Gasteiger partial charge in [-0.15, -0.1) is 0 Å². The molecular formula is C16H12F5N3O2S. The maximum Gasteiger partial charge on any atom is 0.293 e. The number of piperazine rings is 1. The lowest BCUT2D eigenvalue weighted by atomic mass is 10.2. The SMILES string of the molecule is O=C(NC(=S)N1CCN(c2c(F)c(F)c(F)c(F)c2F)CC1)c1ccco1. The molecule has 0 radical (unpaired) electrons. The predicted octanol–water partition coefficient (Wildman–Crippen LogP) is 2.81. The van der Waals surface area contributed by atoms with E-state index in [1.165, 1.54) is 18.4 Å². The monoisotopic (exact) mass is 405 g/mol. The number of rotatable bonds is 2. The van der Waals surface area contributed by atoms with Gasteiger partial charge in [0, 0.05) is 26.2 Å². The molecule has 1 N–H and O–H groups in total. The standard InChI is InChI=1S/C16H12F5N3O2S/c17-9-10(18)12(20)14(13(21)11(9)19)23-3-5-24(6-4-23)16(27)22-15(25)8-2-1-7-26-8/h1-2,7H,3-6H2,(H,22,25,27). The molecule has 0 atom stereocenters. The number of halogens is 5. The summed E-state index contributed by atoms with van der Waals surface area (Å²) in [4.78, 5) is 14.5. The molecule has 1 aliphatic rings. The maximum absolute atomic E-state index is 13.9. The molecule has 5 nitrogen and oxygen atoms in total. The zero-order valence-electron chi connectivity index (χ0n) is 13.6. The summed E-state index contributed by atoms with van der Waals surface area (Å²) in [6.07, 6.45) is 1.32. The van der Waals surface area contributed by atoms with Gasteiger partial charge in [0.2, 0.25) is 5.82 Å². The van der Waals surface area contributed by atoms with Gasteiger partial charge in [-0.2, -0.15) is 0 Å². The van der Waals surface area contributed by atoms with Gasteiger partial charge >= 0.3 is 0 Å². The summed E-state index contributed by atoms with van der Waals surface area (Å²) in [5, 5.41) is 2.51. The number of carbonyl (C=O) groups excluding carboxylic acids is 1. The van der Waals surface area contributed by atoms with Crippen LogP contribution in [-0.2, 0) is 0 Å². The van der Waals surface area contributed by atoms with Crippen LogP contribution in [0.3, 0.4) is 0 Å². The lowest BCUT2D eigenvalue weighted by Crippen LogP contribution is -2.53. The van der Waals surface area contributed by atoms with E-state index in [1.54, 1.807) is 4.90 Å². The number of thiocarbonyl (C=S) groups is 1. The van der Waals surface area contributed by atoms with Gasteiger partial charge in [-0.1, -0.05) is 0 Å². The quantitative estimate of drug-likeness (QED) is 0.361. The molecule has 0 bridgehead atoms. The first-order valence-electron chi connectivity index (χ1n) is 7.71. The lowest BCUT2D eigenvalue weighted by molar-refractivity contribution is 0.0946. The summed E-state index contributed by atoms with van der Waals surface area (Å²) in [5.74, 6) is -10.5. The molecule has 11 heteroatoms. The molecule has 144 valence electrons. The molecular weight excluding hydrogens is 393 g/mol. The Bertz CT molecular complexity index is 854. The summed E-state index contributed by atoms with van der Waals surface area (Å²) < 4.78 is 72.6. The Balaban J connectivity index is 1.67. The Morgan fingerprint density at radius 3 is 2.04 bits per heavy atom. The molecule has 1 aromatic heterocycles. The highest BCUT2D eigenvalue weighted by atomic mass is 32.1. The number of amides is 1. The summed E-state index contributed by atoms with van der Waals surface area (Å²) in [7, 11) is 0. The number of hydrogen-bond donors (Lipinski definition) is 1. The van der Waals surface area contributed by atoms with Gasteiger partial charge in [0.15, 0.2) is 34.1 Å². The molecule has 2 heterocycles. The van der Waals surface area contributed by atoms with Crippen molar-refractivity contribution in [2.45, 2.75) is 0 Å². The van der Waals surface area contributed by atoms with Gasteiger partial charge < -0.3 is 14.2 Å². The minimum Gasteiger partial charge on any atom is -0.459 e. The molecule has 1 aromatic carbocycles. The third-order valence-electron chi connectivity index (χ3n) is 4.04. The molecule has 0 unspecified atom stereocenters. The molecule has 1 aliphatic heterocycles. The highest BCUT2D eigenvalue weighted by Gasteiger charge is 2.31. The molecule has 1 saturated heterocycles. The average Bonchev–Trinajstić information content (AvgIpc) is 3.20. The van der Waals surface area contributed by atoms with Crippen molar-refractivity contribution in [1.82, 2.24) is 10.2 Å². The third kappa shape index (κ3) is 3.59. The normalized spacial score (nSPS) is 14.4. The molecule has 3 rings (SSSR count). The number of nitrogens with zero attached hydrogens (tertiary/aromatic N) is 2. The molecule has 0 saturated carbocycles. The molecule has 0 aliphatic carbocycles. The number of anilines is 1. The van der Waals surface area contributed by atoms with E-state index in [2.05, 4.69) is 5.32 Å². The van der Waals surface area contributed by atoms with Crippen LogP contribution in [0, 0.1) is 29.1 Å². The van der Waals surface area contributed by atoms with E-state index in [0.717, 1.165) is 4.90 Å². The van der Waals surface area contributed by atoms with Gasteiger partial charge in [-0.3, -0.25) is 10.1 Å². The van der Waals surface area contributed by atoms with E-state index in [0.29, 0.717) is 0 Å². The Labute approximate surface area is 155 Å². The average molecular weight is 405 g/mol. The summed E-state index contributed by atoms with van der Waals surface area (Å²) in [6, 6.07) is 2.97. The van der Waals surface area contributed by atoms with Crippen molar-refractivity contribution in [2.24, 2.45) is 0 Å². The number of hydrogen-bond acceptors (Lipinski definition) is 4. The Hall–Kier alpha value is -2.69. The van der Waals surface area contributed by atoms with Crippen LogP contribution < -0.4 is 10.2 Å². The third-order valence-corrected chi connectivity index (χ3v) is 4.40. The number of furan rings is 1. The fourth-order valence-corrected chi connectivity index (χ4v) is 2.92. The van der Waals surface area contributed by atoms with Crippen molar-refractivity contribution in [3.63, 3.8) is 0 Å². The first kappa shape index (κ1) is 19.1. The van der Waals surface area contributed by atoms with Crippen molar-refractivity contribution in [3.8, 4) is 0 Å². The smallest absolute Gasteiger partial charge is 0.293 e. The largest absolute Gasteiger partial charge is 0.459 e. The van der Waals surface area contributed by atoms with Gasteiger partial charge in [0.25, 0.3) is 5.91 Å². The number of benzene rings is 1. The first-order valence-corrected chi connectivity index (χ1v) is 8.12. The van der Waals surface area contributed by atoms with Crippen molar-refractivity contribution in [3.05, 3.63) is 53.2 Å². The molecule has 0 spiro atoms. The van der Waals surface area contributed by atoms with Crippen molar-refractivity contribution >= 4 is 28.9 Å². The zero-order valence-corrected chi connectivity index (χ0v) is 14.4. The summed E-state index contributed by atoms with van der Waals surface area (Å²) >= 11 is 5.11. The molecule has 1 amide bonds.